The highest BCUT2D eigenvalue weighted by molar-refractivity contribution is 5.71. The van der Waals surface area contributed by atoms with Gasteiger partial charge in [0.25, 0.3) is 0 Å². The van der Waals surface area contributed by atoms with E-state index in [1.54, 1.807) is 0 Å². The molecular formula is C71H124O6. The van der Waals surface area contributed by atoms with E-state index in [1.807, 2.05) is 0 Å². The molecule has 0 saturated heterocycles. The minimum atomic E-state index is -0.796. The van der Waals surface area contributed by atoms with Crippen molar-refractivity contribution in [3.63, 3.8) is 0 Å². The van der Waals surface area contributed by atoms with Gasteiger partial charge >= 0.3 is 17.9 Å². The van der Waals surface area contributed by atoms with Crippen LogP contribution in [0.2, 0.25) is 0 Å². The Morgan fingerprint density at radius 2 is 0.506 bits per heavy atom. The SMILES string of the molecule is CC/C=C\C/C=C\C/C=C\C/C=C\C/C=C\C/C=C\CCCCC(=O)OCC(COC(=O)CCCCCCCCCCCCCCCCCCCCC)OC(=O)CCCCCCCCCCC/C=C\CCCCCCCC. The van der Waals surface area contributed by atoms with Crippen molar-refractivity contribution in [1.29, 1.82) is 0 Å². The maximum absolute atomic E-state index is 12.9. The van der Waals surface area contributed by atoms with E-state index in [2.05, 4.69) is 106 Å². The molecule has 6 heteroatoms. The van der Waals surface area contributed by atoms with Crippen LogP contribution in [0.5, 0.6) is 0 Å². The molecule has 0 aliphatic rings. The fourth-order valence-corrected chi connectivity index (χ4v) is 9.44. The molecule has 6 nitrogen and oxygen atoms in total. The summed E-state index contributed by atoms with van der Waals surface area (Å²) in [4.78, 5) is 38.4. The Hall–Kier alpha value is -3.41. The van der Waals surface area contributed by atoms with Gasteiger partial charge in [0, 0.05) is 19.3 Å². The molecule has 0 amide bonds. The van der Waals surface area contributed by atoms with Crippen molar-refractivity contribution in [1.82, 2.24) is 0 Å². The molecule has 0 aromatic heterocycles. The summed E-state index contributed by atoms with van der Waals surface area (Å²) < 4.78 is 16.9. The van der Waals surface area contributed by atoms with Crippen LogP contribution < -0.4 is 0 Å². The van der Waals surface area contributed by atoms with Gasteiger partial charge in [-0.3, -0.25) is 14.4 Å². The molecule has 0 heterocycles. The van der Waals surface area contributed by atoms with Gasteiger partial charge in [0.05, 0.1) is 0 Å². The Balaban J connectivity index is 4.44. The molecule has 1 atom stereocenters. The summed E-state index contributed by atoms with van der Waals surface area (Å²) in [5, 5.41) is 0. The number of unbranched alkanes of at least 4 members (excludes halogenated alkanes) is 35. The van der Waals surface area contributed by atoms with Crippen LogP contribution in [0.25, 0.3) is 0 Å². The lowest BCUT2D eigenvalue weighted by atomic mass is 10.0. The molecule has 1 unspecified atom stereocenters. The van der Waals surface area contributed by atoms with Crippen molar-refractivity contribution in [2.45, 2.75) is 335 Å². The molecule has 0 N–H and O–H groups in total. The first-order chi connectivity index (χ1) is 38.0. The van der Waals surface area contributed by atoms with E-state index in [1.165, 1.54) is 193 Å². The molecule has 0 aliphatic carbocycles. The van der Waals surface area contributed by atoms with E-state index in [9.17, 15) is 14.4 Å². The molecule has 0 aromatic carbocycles. The van der Waals surface area contributed by atoms with Gasteiger partial charge in [-0.25, -0.2) is 0 Å². The zero-order valence-electron chi connectivity index (χ0n) is 51.0. The van der Waals surface area contributed by atoms with Crippen LogP contribution in [0.4, 0.5) is 0 Å². The summed E-state index contributed by atoms with van der Waals surface area (Å²) >= 11 is 0. The van der Waals surface area contributed by atoms with Gasteiger partial charge in [0.1, 0.15) is 13.2 Å². The van der Waals surface area contributed by atoms with Crippen LogP contribution >= 0.6 is 0 Å². The van der Waals surface area contributed by atoms with E-state index in [-0.39, 0.29) is 31.1 Å². The lowest BCUT2D eigenvalue weighted by molar-refractivity contribution is -0.167. The Morgan fingerprint density at radius 3 is 0.831 bits per heavy atom. The Labute approximate surface area is 477 Å². The number of carbonyl (C=O) groups is 3. The van der Waals surface area contributed by atoms with Crippen molar-refractivity contribution < 1.29 is 28.6 Å². The van der Waals surface area contributed by atoms with Crippen LogP contribution in [0.3, 0.4) is 0 Å². The maximum atomic E-state index is 12.9. The standard InChI is InChI=1S/C71H124O6/c1-4-7-10-13-16-19-22-25-28-31-34-35-38-40-43-46-49-52-55-58-61-64-70(73)76-67-68(77-71(74)65-62-59-56-53-50-47-44-41-37-33-30-27-24-21-18-15-12-9-6-3)66-75-69(72)63-60-57-54-51-48-45-42-39-36-32-29-26-23-20-17-14-11-8-5-2/h7,10,16,19,25,27-28,30,34-35,40,43,49,52,68H,4-6,8-9,11-15,17-18,20-24,26,29,31-33,36-39,41-42,44-48,50-51,53-67H2,1-3H3/b10-7-,19-16-,28-25-,30-27-,35-34-,43-40-,52-49-. The summed E-state index contributed by atoms with van der Waals surface area (Å²) in [5.74, 6) is -0.919. The Kier molecular flexibility index (Phi) is 62.2. The van der Waals surface area contributed by atoms with E-state index in [0.717, 1.165) is 96.3 Å². The van der Waals surface area contributed by atoms with Crippen LogP contribution in [-0.4, -0.2) is 37.2 Å². The van der Waals surface area contributed by atoms with Gasteiger partial charge < -0.3 is 14.2 Å². The minimum Gasteiger partial charge on any atom is -0.462 e. The fraction of sp³-hybridized carbons (Fsp3) is 0.761. The van der Waals surface area contributed by atoms with E-state index in [4.69, 9.17) is 14.2 Å². The highest BCUT2D eigenvalue weighted by Gasteiger charge is 2.19. The first-order valence-corrected chi connectivity index (χ1v) is 33.1. The summed E-state index contributed by atoms with van der Waals surface area (Å²) in [5.41, 5.74) is 0. The van der Waals surface area contributed by atoms with Gasteiger partial charge in [0.2, 0.25) is 0 Å². The third-order valence-electron chi connectivity index (χ3n) is 14.4. The molecule has 0 saturated carbocycles. The Bertz CT molecular complexity index is 1470. The predicted molar refractivity (Wildman–Crippen MR) is 334 cm³/mol. The molecule has 0 spiro atoms. The van der Waals surface area contributed by atoms with Crippen LogP contribution in [0.15, 0.2) is 85.1 Å². The second-order valence-corrected chi connectivity index (χ2v) is 22.0. The van der Waals surface area contributed by atoms with E-state index < -0.39 is 6.10 Å². The third kappa shape index (κ3) is 63.3. The lowest BCUT2D eigenvalue weighted by Crippen LogP contribution is -2.30. The first-order valence-electron chi connectivity index (χ1n) is 33.1. The average Bonchev–Trinajstić information content (AvgIpc) is 3.43. The monoisotopic (exact) mass is 1070 g/mol. The molecule has 0 bridgehead atoms. The molecule has 77 heavy (non-hydrogen) atoms. The first kappa shape index (κ1) is 73.6. The number of carbonyl (C=O) groups excluding carboxylic acids is 3. The highest BCUT2D eigenvalue weighted by atomic mass is 16.6. The van der Waals surface area contributed by atoms with Crippen molar-refractivity contribution in [3.8, 4) is 0 Å². The van der Waals surface area contributed by atoms with Crippen molar-refractivity contribution in [2.75, 3.05) is 13.2 Å². The average molecular weight is 1070 g/mol. The molecular weight excluding hydrogens is 949 g/mol. The zero-order valence-corrected chi connectivity index (χ0v) is 51.0. The fourth-order valence-electron chi connectivity index (χ4n) is 9.44. The van der Waals surface area contributed by atoms with Crippen molar-refractivity contribution in [3.05, 3.63) is 85.1 Å². The molecule has 0 aromatic rings. The number of hydrogen-bond acceptors (Lipinski definition) is 6. The van der Waals surface area contributed by atoms with Crippen LogP contribution in [0, 0.1) is 0 Å². The van der Waals surface area contributed by atoms with Crippen LogP contribution in [-0.2, 0) is 28.6 Å². The topological polar surface area (TPSA) is 78.9 Å². The zero-order chi connectivity index (χ0) is 55.7. The van der Waals surface area contributed by atoms with Gasteiger partial charge in [-0.1, -0.05) is 298 Å². The second-order valence-electron chi connectivity index (χ2n) is 22.0. The normalized spacial score (nSPS) is 12.6. The number of hydrogen-bond donors (Lipinski definition) is 0. The molecule has 0 rings (SSSR count). The summed E-state index contributed by atoms with van der Waals surface area (Å²) in [6.07, 6.45) is 85.9. The summed E-state index contributed by atoms with van der Waals surface area (Å²) in [6.45, 7) is 6.53. The molecule has 0 fully saturated rings. The molecule has 0 aliphatic heterocycles. The quantitative estimate of drug-likeness (QED) is 0.0261. The second kappa shape index (κ2) is 65.1. The van der Waals surface area contributed by atoms with Gasteiger partial charge in [-0.05, 0) is 96.3 Å². The minimum absolute atomic E-state index is 0.0882. The smallest absolute Gasteiger partial charge is 0.306 e. The number of esters is 3. The molecule has 444 valence electrons. The summed E-state index contributed by atoms with van der Waals surface area (Å²) in [6, 6.07) is 0. The maximum Gasteiger partial charge on any atom is 0.306 e. The van der Waals surface area contributed by atoms with Crippen molar-refractivity contribution in [2.24, 2.45) is 0 Å². The number of allylic oxidation sites excluding steroid dienone is 14. The predicted octanol–water partition coefficient (Wildman–Crippen LogP) is 22.7. The van der Waals surface area contributed by atoms with E-state index >= 15 is 0 Å². The van der Waals surface area contributed by atoms with Crippen LogP contribution in [0.1, 0.15) is 329 Å². The lowest BCUT2D eigenvalue weighted by Gasteiger charge is -2.18. The number of rotatable bonds is 60. The highest BCUT2D eigenvalue weighted by Crippen LogP contribution is 2.17. The van der Waals surface area contributed by atoms with Crippen molar-refractivity contribution >= 4 is 17.9 Å². The Morgan fingerprint density at radius 1 is 0.273 bits per heavy atom. The largest absolute Gasteiger partial charge is 0.462 e. The summed E-state index contributed by atoms with van der Waals surface area (Å²) in [7, 11) is 0. The van der Waals surface area contributed by atoms with Gasteiger partial charge in [0.15, 0.2) is 6.10 Å². The third-order valence-corrected chi connectivity index (χ3v) is 14.4. The van der Waals surface area contributed by atoms with E-state index in [0.29, 0.717) is 19.3 Å². The van der Waals surface area contributed by atoms with Gasteiger partial charge in [-0.2, -0.15) is 0 Å². The van der Waals surface area contributed by atoms with Gasteiger partial charge in [-0.15, -0.1) is 0 Å². The molecule has 0 radical (unpaired) electrons. The number of ether oxygens (including phenoxy) is 3.